The van der Waals surface area contributed by atoms with Crippen molar-refractivity contribution in [3.05, 3.63) is 128 Å². The molecular weight excluding hydrogens is 466 g/mol. The molecule has 0 atom stereocenters. The molecule has 0 saturated heterocycles. The van der Waals surface area contributed by atoms with Crippen LogP contribution in [0, 0.1) is 0 Å². The SMILES string of the molecule is c1ccc(-n2c3cccnc3c3cnc4c5ccccc5n(-c5ccc(-c6ccncc6)cc5)c4c32)cc1. The largest absolute Gasteiger partial charge is 0.306 e. The molecule has 0 aliphatic rings. The van der Waals surface area contributed by atoms with E-state index in [0.717, 1.165) is 66.4 Å². The average molecular weight is 488 g/mol. The van der Waals surface area contributed by atoms with E-state index in [4.69, 9.17) is 9.97 Å². The van der Waals surface area contributed by atoms with Crippen LogP contribution in [0.2, 0.25) is 0 Å². The number of hydrogen-bond donors (Lipinski definition) is 0. The van der Waals surface area contributed by atoms with Crippen molar-refractivity contribution < 1.29 is 0 Å². The highest BCUT2D eigenvalue weighted by Crippen LogP contribution is 2.40. The lowest BCUT2D eigenvalue weighted by Gasteiger charge is -2.12. The summed E-state index contributed by atoms with van der Waals surface area (Å²) >= 11 is 0. The third kappa shape index (κ3) is 2.96. The van der Waals surface area contributed by atoms with Crippen LogP contribution in [0.1, 0.15) is 0 Å². The summed E-state index contributed by atoms with van der Waals surface area (Å²) in [5.74, 6) is 0. The molecule has 5 heteroatoms. The van der Waals surface area contributed by atoms with Crippen LogP contribution in [0.5, 0.6) is 0 Å². The van der Waals surface area contributed by atoms with Gasteiger partial charge in [0.05, 0.1) is 33.1 Å². The van der Waals surface area contributed by atoms with Crippen LogP contribution in [-0.2, 0) is 0 Å². The molecule has 0 N–H and O–H groups in total. The number of para-hydroxylation sites is 2. The number of aromatic nitrogens is 5. The predicted molar refractivity (Wildman–Crippen MR) is 154 cm³/mol. The Morgan fingerprint density at radius 3 is 1.97 bits per heavy atom. The highest BCUT2D eigenvalue weighted by molar-refractivity contribution is 6.21. The van der Waals surface area contributed by atoms with E-state index >= 15 is 0 Å². The summed E-state index contributed by atoms with van der Waals surface area (Å²) in [6.45, 7) is 0. The van der Waals surface area contributed by atoms with E-state index in [1.165, 1.54) is 0 Å². The first-order valence-electron chi connectivity index (χ1n) is 12.6. The lowest BCUT2D eigenvalue weighted by molar-refractivity contribution is 1.14. The third-order valence-corrected chi connectivity index (χ3v) is 7.31. The molecule has 5 heterocycles. The normalized spacial score (nSPS) is 11.7. The first-order valence-corrected chi connectivity index (χ1v) is 12.6. The summed E-state index contributed by atoms with van der Waals surface area (Å²) < 4.78 is 4.66. The lowest BCUT2D eigenvalue weighted by Crippen LogP contribution is -1.99. The van der Waals surface area contributed by atoms with Gasteiger partial charge in [-0.25, -0.2) is 0 Å². The maximum Gasteiger partial charge on any atom is 0.0985 e. The van der Waals surface area contributed by atoms with Crippen molar-refractivity contribution >= 4 is 43.9 Å². The molecule has 0 bridgehead atoms. The number of rotatable bonds is 3. The molecule has 0 spiro atoms. The molecule has 3 aromatic carbocycles. The molecule has 0 fully saturated rings. The molecule has 5 aromatic heterocycles. The predicted octanol–water partition coefficient (Wildman–Crippen LogP) is 7.73. The molecular formula is C33H21N5. The molecule has 0 unspecified atom stereocenters. The fourth-order valence-electron chi connectivity index (χ4n) is 5.65. The van der Waals surface area contributed by atoms with Gasteiger partial charge < -0.3 is 9.13 Å². The summed E-state index contributed by atoms with van der Waals surface area (Å²) in [6.07, 6.45) is 7.49. The second kappa shape index (κ2) is 8.11. The minimum Gasteiger partial charge on any atom is -0.306 e. The fraction of sp³-hybridized carbons (Fsp3) is 0. The van der Waals surface area contributed by atoms with Gasteiger partial charge in [-0.05, 0) is 65.7 Å². The van der Waals surface area contributed by atoms with Crippen molar-refractivity contribution in [1.29, 1.82) is 0 Å². The van der Waals surface area contributed by atoms with Gasteiger partial charge in [-0.2, -0.15) is 0 Å². The monoisotopic (exact) mass is 487 g/mol. The van der Waals surface area contributed by atoms with E-state index in [9.17, 15) is 0 Å². The molecule has 178 valence electrons. The van der Waals surface area contributed by atoms with Gasteiger partial charge in [-0.3, -0.25) is 15.0 Å². The molecule has 8 aromatic rings. The first kappa shape index (κ1) is 20.9. The summed E-state index contributed by atoms with van der Waals surface area (Å²) in [7, 11) is 0. The fourth-order valence-corrected chi connectivity index (χ4v) is 5.65. The number of hydrogen-bond acceptors (Lipinski definition) is 3. The smallest absolute Gasteiger partial charge is 0.0985 e. The maximum atomic E-state index is 5.02. The molecule has 0 amide bonds. The molecule has 5 nitrogen and oxygen atoms in total. The third-order valence-electron chi connectivity index (χ3n) is 7.31. The molecule has 0 radical (unpaired) electrons. The summed E-state index contributed by atoms with van der Waals surface area (Å²) in [4.78, 5) is 14.0. The van der Waals surface area contributed by atoms with Crippen molar-refractivity contribution in [1.82, 2.24) is 24.1 Å². The Morgan fingerprint density at radius 2 is 1.13 bits per heavy atom. The van der Waals surface area contributed by atoms with E-state index in [-0.39, 0.29) is 0 Å². The number of nitrogens with zero attached hydrogens (tertiary/aromatic N) is 5. The van der Waals surface area contributed by atoms with E-state index in [2.05, 4.69) is 93.0 Å². The van der Waals surface area contributed by atoms with Crippen molar-refractivity contribution in [2.75, 3.05) is 0 Å². The maximum absolute atomic E-state index is 5.02. The van der Waals surface area contributed by atoms with Gasteiger partial charge in [0, 0.05) is 46.9 Å². The Morgan fingerprint density at radius 1 is 0.447 bits per heavy atom. The Bertz CT molecular complexity index is 2110. The number of fused-ring (bicyclic) bond motifs is 7. The van der Waals surface area contributed by atoms with E-state index < -0.39 is 0 Å². The minimum absolute atomic E-state index is 0.950. The number of benzene rings is 3. The van der Waals surface area contributed by atoms with E-state index in [1.54, 1.807) is 0 Å². The highest BCUT2D eigenvalue weighted by atomic mass is 15.1. The molecule has 0 aliphatic carbocycles. The van der Waals surface area contributed by atoms with Crippen molar-refractivity contribution in [2.45, 2.75) is 0 Å². The lowest BCUT2D eigenvalue weighted by atomic mass is 10.1. The zero-order valence-electron chi connectivity index (χ0n) is 20.4. The Labute approximate surface area is 218 Å². The van der Waals surface area contributed by atoms with Gasteiger partial charge in [-0.15, -0.1) is 0 Å². The van der Waals surface area contributed by atoms with Crippen molar-refractivity contribution in [2.24, 2.45) is 0 Å². The topological polar surface area (TPSA) is 48.5 Å². The molecule has 38 heavy (non-hydrogen) atoms. The zero-order chi connectivity index (χ0) is 25.1. The first-order chi connectivity index (χ1) is 18.9. The van der Waals surface area contributed by atoms with Crippen LogP contribution >= 0.6 is 0 Å². The second-order valence-electron chi connectivity index (χ2n) is 9.40. The van der Waals surface area contributed by atoms with Gasteiger partial charge in [0.15, 0.2) is 0 Å². The second-order valence-corrected chi connectivity index (χ2v) is 9.40. The van der Waals surface area contributed by atoms with Gasteiger partial charge in [0.2, 0.25) is 0 Å². The molecule has 8 rings (SSSR count). The standard InChI is InChI=1S/C33H21N5/c1-2-7-24(8-3-1)38-29-11-6-18-35-30(29)27-21-36-31-26-9-4-5-10-28(26)37(33(31)32(27)38)25-14-12-22(13-15-25)23-16-19-34-20-17-23/h1-21H. The Balaban J connectivity index is 1.52. The Kier molecular flexibility index (Phi) is 4.45. The van der Waals surface area contributed by atoms with Crippen molar-refractivity contribution in [3.8, 4) is 22.5 Å². The molecule has 0 saturated carbocycles. The van der Waals surface area contributed by atoms with Gasteiger partial charge in [0.25, 0.3) is 0 Å². The van der Waals surface area contributed by atoms with Gasteiger partial charge in [-0.1, -0.05) is 48.5 Å². The van der Waals surface area contributed by atoms with Crippen LogP contribution in [-0.4, -0.2) is 24.1 Å². The zero-order valence-corrected chi connectivity index (χ0v) is 20.4. The molecule has 0 aliphatic heterocycles. The quantitative estimate of drug-likeness (QED) is 0.256. The van der Waals surface area contributed by atoms with Crippen LogP contribution in [0.3, 0.4) is 0 Å². The number of pyridine rings is 3. The average Bonchev–Trinajstić information content (AvgIpc) is 3.51. The van der Waals surface area contributed by atoms with Crippen LogP contribution < -0.4 is 0 Å². The van der Waals surface area contributed by atoms with E-state index in [0.29, 0.717) is 0 Å². The van der Waals surface area contributed by atoms with Gasteiger partial charge in [0.1, 0.15) is 0 Å². The summed E-state index contributed by atoms with van der Waals surface area (Å²) in [5.41, 5.74) is 10.8. The summed E-state index contributed by atoms with van der Waals surface area (Å²) in [5, 5.41) is 2.16. The van der Waals surface area contributed by atoms with Gasteiger partial charge >= 0.3 is 0 Å². The van der Waals surface area contributed by atoms with Crippen LogP contribution in [0.4, 0.5) is 0 Å². The highest BCUT2D eigenvalue weighted by Gasteiger charge is 2.22. The Hall–Kier alpha value is -5.29. The van der Waals surface area contributed by atoms with Crippen molar-refractivity contribution in [3.63, 3.8) is 0 Å². The van der Waals surface area contributed by atoms with Crippen LogP contribution in [0.15, 0.2) is 128 Å². The van der Waals surface area contributed by atoms with E-state index in [1.807, 2.05) is 49.1 Å². The minimum atomic E-state index is 0.950. The summed E-state index contributed by atoms with van der Waals surface area (Å²) in [6, 6.07) is 35.9. The van der Waals surface area contributed by atoms with Crippen LogP contribution in [0.25, 0.3) is 66.4 Å².